The molecule has 22 heavy (non-hydrogen) atoms. The smallest absolute Gasteiger partial charge is 0.416 e. The second kappa shape index (κ2) is 6.56. The number of ether oxygens (including phenoxy) is 1. The van der Waals surface area contributed by atoms with Gasteiger partial charge in [-0.1, -0.05) is 0 Å². The summed E-state index contributed by atoms with van der Waals surface area (Å²) in [6, 6.07) is 4.45. The highest BCUT2D eigenvalue weighted by Crippen LogP contribution is 2.30. The first-order chi connectivity index (χ1) is 10.3. The highest BCUT2D eigenvalue weighted by Gasteiger charge is 2.30. The maximum absolute atomic E-state index is 12.4. The summed E-state index contributed by atoms with van der Waals surface area (Å²) in [6.07, 6.45) is -2.89. The van der Waals surface area contributed by atoms with E-state index >= 15 is 0 Å². The third-order valence-electron chi connectivity index (χ3n) is 3.78. The van der Waals surface area contributed by atoms with Gasteiger partial charge in [-0.25, -0.2) is 0 Å². The van der Waals surface area contributed by atoms with Crippen molar-refractivity contribution in [1.82, 2.24) is 4.90 Å². The van der Waals surface area contributed by atoms with Crippen molar-refractivity contribution in [1.29, 1.82) is 0 Å². The molecule has 0 bridgehead atoms. The van der Waals surface area contributed by atoms with E-state index < -0.39 is 11.7 Å². The van der Waals surface area contributed by atoms with Crippen molar-refractivity contribution < 1.29 is 22.7 Å². The standard InChI is InChI=1S/C15H19F3N2O2/c1-10-8-12(19)6-7-20(10)14(21)9-22-13-4-2-11(3-5-13)15(16,17)18/h2-5,10,12H,6-9,19H2,1H3/t10-,12+/m1/s1. The number of piperidine rings is 1. The summed E-state index contributed by atoms with van der Waals surface area (Å²) in [5.41, 5.74) is 5.10. The van der Waals surface area contributed by atoms with E-state index in [4.69, 9.17) is 10.5 Å². The number of benzene rings is 1. The Morgan fingerprint density at radius 3 is 2.55 bits per heavy atom. The Kier molecular flexibility index (Phi) is 4.95. The first-order valence-corrected chi connectivity index (χ1v) is 7.12. The van der Waals surface area contributed by atoms with Crippen molar-refractivity contribution in [3.63, 3.8) is 0 Å². The van der Waals surface area contributed by atoms with Gasteiger partial charge in [0.05, 0.1) is 5.56 Å². The zero-order chi connectivity index (χ0) is 16.3. The van der Waals surface area contributed by atoms with Crippen LogP contribution in [0, 0.1) is 0 Å². The minimum absolute atomic E-state index is 0.0486. The highest BCUT2D eigenvalue weighted by molar-refractivity contribution is 5.78. The maximum Gasteiger partial charge on any atom is 0.416 e. The SMILES string of the molecule is C[C@@H]1C[C@@H](N)CCN1C(=O)COc1ccc(C(F)(F)F)cc1. The molecule has 0 radical (unpaired) electrons. The molecule has 7 heteroatoms. The van der Waals surface area contributed by atoms with Crippen molar-refractivity contribution in [2.24, 2.45) is 5.73 Å². The molecule has 1 aliphatic heterocycles. The van der Waals surface area contributed by atoms with Gasteiger partial charge < -0.3 is 15.4 Å². The van der Waals surface area contributed by atoms with Gasteiger partial charge in [-0.3, -0.25) is 4.79 Å². The number of hydrogen-bond donors (Lipinski definition) is 1. The lowest BCUT2D eigenvalue weighted by Crippen LogP contribution is -2.49. The van der Waals surface area contributed by atoms with Gasteiger partial charge in [0, 0.05) is 18.6 Å². The van der Waals surface area contributed by atoms with Gasteiger partial charge in [-0.2, -0.15) is 13.2 Å². The van der Waals surface area contributed by atoms with Crippen molar-refractivity contribution in [2.75, 3.05) is 13.2 Å². The second-order valence-electron chi connectivity index (χ2n) is 5.53. The van der Waals surface area contributed by atoms with E-state index in [1.165, 1.54) is 12.1 Å². The first-order valence-electron chi connectivity index (χ1n) is 7.12. The topological polar surface area (TPSA) is 55.6 Å². The minimum Gasteiger partial charge on any atom is -0.484 e. The molecule has 0 aromatic heterocycles. The Morgan fingerprint density at radius 2 is 2.00 bits per heavy atom. The van der Waals surface area contributed by atoms with Gasteiger partial charge >= 0.3 is 6.18 Å². The predicted octanol–water partition coefficient (Wildman–Crippen LogP) is 2.42. The fraction of sp³-hybridized carbons (Fsp3) is 0.533. The van der Waals surface area contributed by atoms with Gasteiger partial charge in [0.15, 0.2) is 6.61 Å². The molecule has 1 aromatic rings. The van der Waals surface area contributed by atoms with E-state index in [2.05, 4.69) is 0 Å². The van der Waals surface area contributed by atoms with Gasteiger partial charge in [-0.05, 0) is 44.0 Å². The van der Waals surface area contributed by atoms with Crippen LogP contribution in [0.5, 0.6) is 5.75 Å². The van der Waals surface area contributed by atoms with Gasteiger partial charge in [0.2, 0.25) is 0 Å². The van der Waals surface area contributed by atoms with E-state index in [0.717, 1.165) is 25.0 Å². The van der Waals surface area contributed by atoms with Gasteiger partial charge in [0.25, 0.3) is 5.91 Å². The summed E-state index contributed by atoms with van der Waals surface area (Å²) in [4.78, 5) is 13.8. The Labute approximate surface area is 127 Å². The quantitative estimate of drug-likeness (QED) is 0.932. The van der Waals surface area contributed by atoms with E-state index in [0.29, 0.717) is 6.54 Å². The Morgan fingerprint density at radius 1 is 1.36 bits per heavy atom. The van der Waals surface area contributed by atoms with Crippen LogP contribution in [0.2, 0.25) is 0 Å². The summed E-state index contributed by atoms with van der Waals surface area (Å²) in [5, 5.41) is 0. The predicted molar refractivity (Wildman–Crippen MR) is 75.3 cm³/mol. The van der Waals surface area contributed by atoms with Crippen molar-refractivity contribution in [3.8, 4) is 5.75 Å². The Bertz CT molecular complexity index is 517. The molecule has 122 valence electrons. The summed E-state index contributed by atoms with van der Waals surface area (Å²) in [5.74, 6) is 0.0574. The Hall–Kier alpha value is -1.76. The van der Waals surface area contributed by atoms with Crippen molar-refractivity contribution >= 4 is 5.91 Å². The van der Waals surface area contributed by atoms with Crippen LogP contribution < -0.4 is 10.5 Å². The third kappa shape index (κ3) is 4.13. The van der Waals surface area contributed by atoms with Crippen LogP contribution in [-0.4, -0.2) is 36.0 Å². The fourth-order valence-electron chi connectivity index (χ4n) is 2.55. The van der Waals surface area contributed by atoms with Crippen LogP contribution in [0.3, 0.4) is 0 Å². The van der Waals surface area contributed by atoms with Gasteiger partial charge in [0.1, 0.15) is 5.75 Å². The molecule has 1 heterocycles. The molecule has 0 spiro atoms. The molecule has 0 saturated carbocycles. The molecule has 2 N–H and O–H groups in total. The number of halogens is 3. The number of rotatable bonds is 3. The number of likely N-dealkylation sites (tertiary alicyclic amines) is 1. The molecule has 1 aromatic carbocycles. The lowest BCUT2D eigenvalue weighted by Gasteiger charge is -2.36. The molecule has 1 saturated heterocycles. The molecule has 2 rings (SSSR count). The van der Waals surface area contributed by atoms with Crippen LogP contribution in [0.25, 0.3) is 0 Å². The number of carbonyl (C=O) groups excluding carboxylic acids is 1. The molecule has 1 amide bonds. The molecule has 4 nitrogen and oxygen atoms in total. The number of hydrogen-bond acceptors (Lipinski definition) is 3. The number of amides is 1. The largest absolute Gasteiger partial charge is 0.484 e. The molecular weight excluding hydrogens is 297 g/mol. The van der Waals surface area contributed by atoms with Crippen molar-refractivity contribution in [3.05, 3.63) is 29.8 Å². The molecule has 2 atom stereocenters. The zero-order valence-corrected chi connectivity index (χ0v) is 12.3. The summed E-state index contributed by atoms with van der Waals surface area (Å²) >= 11 is 0. The van der Waals surface area contributed by atoms with E-state index in [1.807, 2.05) is 6.92 Å². The van der Waals surface area contributed by atoms with E-state index in [9.17, 15) is 18.0 Å². The maximum atomic E-state index is 12.4. The average molecular weight is 316 g/mol. The van der Waals surface area contributed by atoms with E-state index in [1.54, 1.807) is 4.90 Å². The zero-order valence-electron chi connectivity index (χ0n) is 12.3. The fourth-order valence-corrected chi connectivity index (χ4v) is 2.55. The van der Waals surface area contributed by atoms with Crippen LogP contribution in [-0.2, 0) is 11.0 Å². The number of carbonyl (C=O) groups is 1. The van der Waals surface area contributed by atoms with Crippen LogP contribution in [0.15, 0.2) is 24.3 Å². The number of alkyl halides is 3. The number of nitrogens with two attached hydrogens (primary N) is 1. The third-order valence-corrected chi connectivity index (χ3v) is 3.78. The molecule has 1 aliphatic rings. The lowest BCUT2D eigenvalue weighted by atomic mass is 9.99. The normalized spacial score (nSPS) is 22.5. The minimum atomic E-state index is -4.38. The summed E-state index contributed by atoms with van der Waals surface area (Å²) in [7, 11) is 0. The summed E-state index contributed by atoms with van der Waals surface area (Å²) in [6.45, 7) is 2.32. The molecule has 0 unspecified atom stereocenters. The van der Waals surface area contributed by atoms with Crippen LogP contribution in [0.1, 0.15) is 25.3 Å². The van der Waals surface area contributed by atoms with Gasteiger partial charge in [-0.15, -0.1) is 0 Å². The first kappa shape index (κ1) is 16.6. The average Bonchev–Trinajstić information content (AvgIpc) is 2.44. The lowest BCUT2D eigenvalue weighted by molar-refractivity contribution is -0.138. The van der Waals surface area contributed by atoms with Crippen LogP contribution >= 0.6 is 0 Å². The highest BCUT2D eigenvalue weighted by atomic mass is 19.4. The second-order valence-corrected chi connectivity index (χ2v) is 5.53. The number of nitrogens with zero attached hydrogens (tertiary/aromatic N) is 1. The summed E-state index contributed by atoms with van der Waals surface area (Å²) < 4.78 is 42.6. The van der Waals surface area contributed by atoms with Crippen molar-refractivity contribution in [2.45, 2.75) is 38.0 Å². The van der Waals surface area contributed by atoms with Crippen LogP contribution in [0.4, 0.5) is 13.2 Å². The molecular formula is C15H19F3N2O2. The molecule has 1 fully saturated rings. The van der Waals surface area contributed by atoms with E-state index in [-0.39, 0.29) is 30.3 Å². The molecule has 0 aliphatic carbocycles. The Balaban J connectivity index is 1.88. The monoisotopic (exact) mass is 316 g/mol.